The molecule has 11 heteroatoms. The third-order valence-electron chi connectivity index (χ3n) is 6.18. The molecule has 8 nitrogen and oxygen atoms in total. The lowest BCUT2D eigenvalue weighted by molar-refractivity contribution is -0.150. The summed E-state index contributed by atoms with van der Waals surface area (Å²) in [7, 11) is 0. The van der Waals surface area contributed by atoms with Crippen molar-refractivity contribution in [1.82, 2.24) is 15.5 Å². The Morgan fingerprint density at radius 1 is 1.30 bits per heavy atom. The Bertz CT molecular complexity index is 1080. The fourth-order valence-corrected chi connectivity index (χ4v) is 7.37. The number of aliphatic carboxylic acids is 1. The van der Waals surface area contributed by atoms with Gasteiger partial charge in [-0.3, -0.25) is 19.3 Å². The largest absolute Gasteiger partial charge is 0.477 e. The highest BCUT2D eigenvalue weighted by Crippen LogP contribution is 2.46. The normalized spacial score (nSPS) is 26.0. The lowest BCUT2D eigenvalue weighted by Crippen LogP contribution is -2.70. The van der Waals surface area contributed by atoms with Gasteiger partial charge in [0.2, 0.25) is 11.8 Å². The van der Waals surface area contributed by atoms with Crippen molar-refractivity contribution in [3.8, 4) is 0 Å². The van der Waals surface area contributed by atoms with Gasteiger partial charge in [-0.2, -0.15) is 0 Å². The molecule has 3 fully saturated rings. The molecular formula is C22H23N3O5S3. The van der Waals surface area contributed by atoms with Crippen molar-refractivity contribution in [2.75, 3.05) is 18.1 Å². The summed E-state index contributed by atoms with van der Waals surface area (Å²) in [5.74, 6) is -0.925. The van der Waals surface area contributed by atoms with E-state index in [0.717, 1.165) is 22.6 Å². The van der Waals surface area contributed by atoms with Crippen LogP contribution in [0.15, 0.2) is 44.1 Å². The van der Waals surface area contributed by atoms with Crippen molar-refractivity contribution in [2.24, 2.45) is 5.92 Å². The predicted octanol–water partition coefficient (Wildman–Crippen LogP) is 2.20. The van der Waals surface area contributed by atoms with E-state index in [-0.39, 0.29) is 23.3 Å². The topological polar surface area (TPSA) is 116 Å². The number of carboxylic acid groups (broad SMARTS) is 1. The first kappa shape index (κ1) is 22.5. The van der Waals surface area contributed by atoms with E-state index in [4.69, 9.17) is 0 Å². The summed E-state index contributed by atoms with van der Waals surface area (Å²) in [6, 6.07) is 3.10. The van der Waals surface area contributed by atoms with Crippen LogP contribution in [0.25, 0.3) is 0 Å². The second-order valence-corrected chi connectivity index (χ2v) is 11.7. The molecule has 0 bridgehead atoms. The number of carboxylic acids is 1. The van der Waals surface area contributed by atoms with Crippen molar-refractivity contribution in [2.45, 2.75) is 41.3 Å². The monoisotopic (exact) mass is 505 g/mol. The van der Waals surface area contributed by atoms with Gasteiger partial charge in [0.15, 0.2) is 0 Å². The van der Waals surface area contributed by atoms with Crippen LogP contribution in [0.1, 0.15) is 25.7 Å². The number of nitrogens with one attached hydrogen (secondary N) is 2. The lowest BCUT2D eigenvalue weighted by Gasteiger charge is -2.49. The molecule has 0 aromatic carbocycles. The van der Waals surface area contributed by atoms with Gasteiger partial charge in [0.05, 0.1) is 9.96 Å². The first-order valence-electron chi connectivity index (χ1n) is 10.8. The van der Waals surface area contributed by atoms with Crippen molar-refractivity contribution < 1.29 is 24.3 Å². The Morgan fingerprint density at radius 3 is 2.76 bits per heavy atom. The number of thioether (sulfide) groups is 2. The number of amides is 3. The van der Waals surface area contributed by atoms with Gasteiger partial charge in [0, 0.05) is 17.9 Å². The zero-order chi connectivity index (χ0) is 23.1. The van der Waals surface area contributed by atoms with E-state index in [0.29, 0.717) is 42.2 Å². The molecule has 1 aromatic heterocycles. The number of allylic oxidation sites excluding steroid dienone is 1. The molecule has 3 N–H and O–H groups in total. The highest BCUT2D eigenvalue weighted by molar-refractivity contribution is 8.01. The number of hydrogen-bond donors (Lipinski definition) is 3. The maximum atomic E-state index is 13.0. The van der Waals surface area contributed by atoms with Gasteiger partial charge in [-0.1, -0.05) is 6.07 Å². The van der Waals surface area contributed by atoms with Crippen LogP contribution >= 0.6 is 34.9 Å². The zero-order valence-electron chi connectivity index (χ0n) is 17.7. The molecule has 4 aliphatic rings. The first-order valence-corrected chi connectivity index (χ1v) is 13.7. The number of nitrogens with zero attached hydrogens (tertiary/aromatic N) is 1. The molecule has 0 spiro atoms. The van der Waals surface area contributed by atoms with Crippen LogP contribution < -0.4 is 10.6 Å². The minimum Gasteiger partial charge on any atom is -0.477 e. The Morgan fingerprint density at radius 2 is 2.12 bits per heavy atom. The van der Waals surface area contributed by atoms with E-state index in [2.05, 4.69) is 10.6 Å². The molecule has 2 saturated heterocycles. The maximum Gasteiger partial charge on any atom is 0.352 e. The molecule has 1 aliphatic carbocycles. The van der Waals surface area contributed by atoms with E-state index < -0.39 is 23.3 Å². The molecule has 3 aliphatic heterocycles. The van der Waals surface area contributed by atoms with Gasteiger partial charge >= 0.3 is 5.97 Å². The second kappa shape index (κ2) is 9.19. The van der Waals surface area contributed by atoms with Crippen LogP contribution in [0.5, 0.6) is 0 Å². The Hall–Kier alpha value is -2.24. The lowest BCUT2D eigenvalue weighted by atomic mass is 9.91. The van der Waals surface area contributed by atoms with Crippen LogP contribution in [0.3, 0.4) is 0 Å². The van der Waals surface area contributed by atoms with Crippen molar-refractivity contribution in [3.05, 3.63) is 39.9 Å². The Kier molecular flexibility index (Phi) is 6.28. The second-order valence-electron chi connectivity index (χ2n) is 8.42. The fourth-order valence-electron chi connectivity index (χ4n) is 4.40. The molecule has 5 rings (SSSR count). The van der Waals surface area contributed by atoms with Crippen LogP contribution in [0.2, 0.25) is 0 Å². The van der Waals surface area contributed by atoms with E-state index in [9.17, 15) is 24.3 Å². The van der Waals surface area contributed by atoms with Gasteiger partial charge in [0.1, 0.15) is 17.1 Å². The number of hydrogen-bond acceptors (Lipinski definition) is 7. The Labute approximate surface area is 203 Å². The van der Waals surface area contributed by atoms with E-state index >= 15 is 0 Å². The molecule has 1 saturated carbocycles. The van der Waals surface area contributed by atoms with Gasteiger partial charge < -0.3 is 15.7 Å². The number of rotatable bonds is 8. The van der Waals surface area contributed by atoms with E-state index in [1.807, 2.05) is 17.5 Å². The molecule has 1 aromatic rings. The van der Waals surface area contributed by atoms with Crippen molar-refractivity contribution in [1.29, 1.82) is 0 Å². The minimum atomic E-state index is -1.17. The van der Waals surface area contributed by atoms with Crippen molar-refractivity contribution >= 4 is 58.6 Å². The molecule has 3 amide bonds. The third kappa shape index (κ3) is 4.45. The van der Waals surface area contributed by atoms with Crippen LogP contribution in [-0.4, -0.2) is 63.2 Å². The number of thiophene rings is 1. The summed E-state index contributed by atoms with van der Waals surface area (Å²) < 4.78 is 1.02. The summed E-state index contributed by atoms with van der Waals surface area (Å²) >= 11 is 4.40. The molecule has 0 radical (unpaired) electrons. The molecule has 0 unspecified atom stereocenters. The summed E-state index contributed by atoms with van der Waals surface area (Å²) in [5, 5.41) is 17.1. The van der Waals surface area contributed by atoms with Gasteiger partial charge in [-0.25, -0.2) is 4.79 Å². The van der Waals surface area contributed by atoms with Gasteiger partial charge in [-0.05, 0) is 54.2 Å². The number of carbonyl (C=O) groups is 4. The quantitative estimate of drug-likeness (QED) is 0.282. The summed E-state index contributed by atoms with van der Waals surface area (Å²) in [6.07, 6.45) is 3.39. The average molecular weight is 506 g/mol. The van der Waals surface area contributed by atoms with Crippen LogP contribution in [0.4, 0.5) is 0 Å². The zero-order valence-corrected chi connectivity index (χ0v) is 20.1. The summed E-state index contributed by atoms with van der Waals surface area (Å²) in [5.41, 5.74) is 1.99. The van der Waals surface area contributed by atoms with Crippen LogP contribution in [0, 0.1) is 5.92 Å². The van der Waals surface area contributed by atoms with Crippen LogP contribution in [-0.2, 0) is 19.2 Å². The molecule has 2 atom stereocenters. The number of fused-ring (bicyclic) bond motifs is 1. The maximum absolute atomic E-state index is 13.0. The molecular weight excluding hydrogens is 482 g/mol. The SMILES string of the molecule is O=C(CSc1cccs1)N[C@@H]1C(=O)N2C(C(=O)O)=C(C(CC3CC3)=C3CCNC3=O)CS[C@H]12. The van der Waals surface area contributed by atoms with Gasteiger partial charge in [0.25, 0.3) is 5.91 Å². The molecule has 33 heavy (non-hydrogen) atoms. The Balaban J connectivity index is 1.36. The smallest absolute Gasteiger partial charge is 0.352 e. The van der Waals surface area contributed by atoms with E-state index in [1.54, 1.807) is 11.3 Å². The molecule has 4 heterocycles. The number of β-lactam (4-membered cyclic amide) rings is 1. The van der Waals surface area contributed by atoms with E-state index in [1.165, 1.54) is 28.4 Å². The molecule has 174 valence electrons. The summed E-state index contributed by atoms with van der Waals surface area (Å²) in [6.45, 7) is 0.550. The summed E-state index contributed by atoms with van der Waals surface area (Å²) in [4.78, 5) is 51.4. The minimum absolute atomic E-state index is 0.0370. The third-order valence-corrected chi connectivity index (χ3v) is 9.59. The highest BCUT2D eigenvalue weighted by Gasteiger charge is 2.54. The number of carbonyl (C=O) groups excluding carboxylic acids is 3. The average Bonchev–Trinajstić information content (AvgIpc) is 3.27. The highest BCUT2D eigenvalue weighted by atomic mass is 32.2. The van der Waals surface area contributed by atoms with Crippen molar-refractivity contribution in [3.63, 3.8) is 0 Å². The fraction of sp³-hybridized carbons (Fsp3) is 0.455. The van der Waals surface area contributed by atoms with Gasteiger partial charge in [-0.15, -0.1) is 34.9 Å². The first-order chi connectivity index (χ1) is 15.9. The standard InChI is InChI=1S/C22H23N3O5S3/c26-15(10-32-16-2-1-7-31-16)24-17-20(28)25-18(22(29)30)14(9-33-21(17)25)13(8-11-3-4-11)12-5-6-23-19(12)27/h1-2,7,11,17,21H,3-6,8-10H2,(H,23,27)(H,24,26)(H,29,30)/t17-,21-/m1/s1. The predicted molar refractivity (Wildman–Crippen MR) is 127 cm³/mol.